The first-order chi connectivity index (χ1) is 8.70. The van der Waals surface area contributed by atoms with Crippen LogP contribution in [0.5, 0.6) is 11.5 Å². The molecule has 1 heterocycles. The average Bonchev–Trinajstić information content (AvgIpc) is 2.40. The maximum Gasteiger partial charge on any atom is 0.339 e. The third kappa shape index (κ3) is 2.92. The molecule has 0 unspecified atom stereocenters. The summed E-state index contributed by atoms with van der Waals surface area (Å²) < 4.78 is 16.0. The molecule has 0 bridgehead atoms. The Labute approximate surface area is 105 Å². The molecule has 0 spiro atoms. The zero-order valence-electron chi connectivity index (χ0n) is 10.2. The molecule has 1 aliphatic rings. The number of carboxylic acid groups (broad SMARTS) is 1. The average molecular weight is 252 g/mol. The fourth-order valence-electron chi connectivity index (χ4n) is 1.88. The van der Waals surface area contributed by atoms with Crippen molar-refractivity contribution < 1.29 is 24.1 Å². The van der Waals surface area contributed by atoms with Gasteiger partial charge >= 0.3 is 5.97 Å². The predicted molar refractivity (Wildman–Crippen MR) is 64.4 cm³/mol. The minimum Gasteiger partial charge on any atom is -0.497 e. The summed E-state index contributed by atoms with van der Waals surface area (Å²) in [6.07, 6.45) is 1.58. The van der Waals surface area contributed by atoms with Crippen molar-refractivity contribution in [3.05, 3.63) is 23.8 Å². The second-order valence-electron chi connectivity index (χ2n) is 4.10. The molecule has 1 N–H and O–H groups in total. The lowest BCUT2D eigenvalue weighted by molar-refractivity contribution is 0.0248. The summed E-state index contributed by atoms with van der Waals surface area (Å²) in [4.78, 5) is 11.2. The number of aromatic carboxylic acids is 1. The zero-order chi connectivity index (χ0) is 13.0. The van der Waals surface area contributed by atoms with Crippen molar-refractivity contribution in [2.24, 2.45) is 0 Å². The van der Waals surface area contributed by atoms with Gasteiger partial charge in [-0.3, -0.25) is 0 Å². The highest BCUT2D eigenvalue weighted by Gasteiger charge is 2.19. The topological polar surface area (TPSA) is 65.0 Å². The van der Waals surface area contributed by atoms with E-state index in [9.17, 15) is 4.79 Å². The van der Waals surface area contributed by atoms with E-state index in [2.05, 4.69) is 0 Å². The van der Waals surface area contributed by atoms with Gasteiger partial charge in [0.25, 0.3) is 0 Å². The van der Waals surface area contributed by atoms with Crippen LogP contribution in [0.4, 0.5) is 0 Å². The Morgan fingerprint density at radius 3 is 2.72 bits per heavy atom. The van der Waals surface area contributed by atoms with Crippen LogP contribution in [-0.2, 0) is 4.74 Å². The van der Waals surface area contributed by atoms with E-state index in [-0.39, 0.29) is 11.7 Å². The van der Waals surface area contributed by atoms with Crippen molar-refractivity contribution in [2.75, 3.05) is 20.3 Å². The van der Waals surface area contributed by atoms with Crippen molar-refractivity contribution in [3.63, 3.8) is 0 Å². The molecule has 1 fully saturated rings. The summed E-state index contributed by atoms with van der Waals surface area (Å²) in [6, 6.07) is 4.80. The first kappa shape index (κ1) is 12.7. The number of methoxy groups -OCH3 is 1. The minimum absolute atomic E-state index is 0.0187. The molecule has 5 nitrogen and oxygen atoms in total. The van der Waals surface area contributed by atoms with Gasteiger partial charge in [-0.05, 0) is 18.2 Å². The van der Waals surface area contributed by atoms with E-state index in [1.165, 1.54) is 13.2 Å². The first-order valence-corrected chi connectivity index (χ1v) is 5.86. The maximum atomic E-state index is 11.2. The number of carbonyl (C=O) groups is 1. The van der Waals surface area contributed by atoms with Gasteiger partial charge in [-0.1, -0.05) is 0 Å². The largest absolute Gasteiger partial charge is 0.497 e. The molecule has 0 aromatic heterocycles. The van der Waals surface area contributed by atoms with E-state index < -0.39 is 5.97 Å². The van der Waals surface area contributed by atoms with Gasteiger partial charge in [-0.25, -0.2) is 4.79 Å². The number of benzene rings is 1. The van der Waals surface area contributed by atoms with Crippen LogP contribution in [-0.4, -0.2) is 37.5 Å². The van der Waals surface area contributed by atoms with E-state index in [1.807, 2.05) is 0 Å². The fourth-order valence-corrected chi connectivity index (χ4v) is 1.88. The Morgan fingerprint density at radius 1 is 1.39 bits per heavy atom. The lowest BCUT2D eigenvalue weighted by atomic mass is 10.1. The van der Waals surface area contributed by atoms with Gasteiger partial charge in [-0.2, -0.15) is 0 Å². The van der Waals surface area contributed by atoms with Crippen LogP contribution in [0.15, 0.2) is 18.2 Å². The Balaban J connectivity index is 2.17. The number of rotatable bonds is 4. The molecule has 0 atom stereocenters. The summed E-state index contributed by atoms with van der Waals surface area (Å²) >= 11 is 0. The van der Waals surface area contributed by atoms with Crippen molar-refractivity contribution >= 4 is 5.97 Å². The summed E-state index contributed by atoms with van der Waals surface area (Å²) in [6.45, 7) is 1.31. The summed E-state index contributed by atoms with van der Waals surface area (Å²) in [5, 5.41) is 9.15. The predicted octanol–water partition coefficient (Wildman–Crippen LogP) is 1.95. The lowest BCUT2D eigenvalue weighted by Gasteiger charge is -2.24. The number of hydrogen-bond acceptors (Lipinski definition) is 4. The summed E-state index contributed by atoms with van der Waals surface area (Å²) in [5.41, 5.74) is 0.126. The molecule has 0 aliphatic carbocycles. The molecular weight excluding hydrogens is 236 g/mol. The van der Waals surface area contributed by atoms with Crippen LogP contribution < -0.4 is 9.47 Å². The van der Waals surface area contributed by atoms with Crippen molar-refractivity contribution in [3.8, 4) is 11.5 Å². The molecule has 2 rings (SSSR count). The Kier molecular flexibility index (Phi) is 4.04. The second-order valence-corrected chi connectivity index (χ2v) is 4.10. The van der Waals surface area contributed by atoms with Crippen molar-refractivity contribution in [1.29, 1.82) is 0 Å². The lowest BCUT2D eigenvalue weighted by Crippen LogP contribution is -2.26. The fraction of sp³-hybridized carbons (Fsp3) is 0.462. The molecular formula is C13H16O5. The molecule has 0 radical (unpaired) electrons. The van der Waals surface area contributed by atoms with Gasteiger partial charge in [0, 0.05) is 12.8 Å². The van der Waals surface area contributed by atoms with Gasteiger partial charge in [0.2, 0.25) is 0 Å². The van der Waals surface area contributed by atoms with E-state index in [0.717, 1.165) is 12.8 Å². The van der Waals surface area contributed by atoms with Gasteiger partial charge < -0.3 is 19.3 Å². The van der Waals surface area contributed by atoms with Gasteiger partial charge in [0.1, 0.15) is 23.2 Å². The van der Waals surface area contributed by atoms with Crippen LogP contribution in [0, 0.1) is 0 Å². The number of carboxylic acids is 1. The van der Waals surface area contributed by atoms with Crippen molar-refractivity contribution in [2.45, 2.75) is 18.9 Å². The first-order valence-electron chi connectivity index (χ1n) is 5.86. The van der Waals surface area contributed by atoms with Crippen LogP contribution >= 0.6 is 0 Å². The Hall–Kier alpha value is -1.75. The monoisotopic (exact) mass is 252 g/mol. The number of hydrogen-bond donors (Lipinski definition) is 1. The zero-order valence-corrected chi connectivity index (χ0v) is 10.2. The SMILES string of the molecule is COc1ccc(OC2CCOCC2)c(C(=O)O)c1. The van der Waals surface area contributed by atoms with E-state index >= 15 is 0 Å². The molecule has 1 saturated heterocycles. The minimum atomic E-state index is -1.02. The summed E-state index contributed by atoms with van der Waals surface area (Å²) in [5.74, 6) is -0.127. The van der Waals surface area contributed by atoms with Crippen LogP contribution in [0.25, 0.3) is 0 Å². The molecule has 0 amide bonds. The van der Waals surface area contributed by atoms with E-state index in [4.69, 9.17) is 19.3 Å². The maximum absolute atomic E-state index is 11.2. The van der Waals surface area contributed by atoms with Gasteiger partial charge in [0.15, 0.2) is 0 Å². The molecule has 1 aromatic rings. The van der Waals surface area contributed by atoms with Gasteiger partial charge in [-0.15, -0.1) is 0 Å². The van der Waals surface area contributed by atoms with Gasteiger partial charge in [0.05, 0.1) is 20.3 Å². The molecule has 1 aromatic carbocycles. The van der Waals surface area contributed by atoms with E-state index in [0.29, 0.717) is 24.7 Å². The Bertz CT molecular complexity index is 423. The Morgan fingerprint density at radius 2 is 2.11 bits per heavy atom. The molecule has 18 heavy (non-hydrogen) atoms. The quantitative estimate of drug-likeness (QED) is 0.887. The standard InChI is InChI=1S/C13H16O5/c1-16-10-2-3-12(11(8-10)13(14)15)18-9-4-6-17-7-5-9/h2-3,8-9H,4-7H2,1H3,(H,14,15). The molecule has 1 aliphatic heterocycles. The van der Waals surface area contributed by atoms with Crippen LogP contribution in [0.3, 0.4) is 0 Å². The van der Waals surface area contributed by atoms with Crippen LogP contribution in [0.1, 0.15) is 23.2 Å². The second kappa shape index (κ2) is 5.73. The highest BCUT2D eigenvalue weighted by molar-refractivity contribution is 5.91. The van der Waals surface area contributed by atoms with Crippen LogP contribution in [0.2, 0.25) is 0 Å². The highest BCUT2D eigenvalue weighted by Crippen LogP contribution is 2.26. The molecule has 5 heteroatoms. The van der Waals surface area contributed by atoms with E-state index in [1.54, 1.807) is 12.1 Å². The highest BCUT2D eigenvalue weighted by atomic mass is 16.5. The molecule has 0 saturated carbocycles. The van der Waals surface area contributed by atoms with Crippen molar-refractivity contribution in [1.82, 2.24) is 0 Å². The third-order valence-corrected chi connectivity index (χ3v) is 2.88. The normalized spacial score (nSPS) is 16.3. The summed E-state index contributed by atoms with van der Waals surface area (Å²) in [7, 11) is 1.50. The molecule has 98 valence electrons. The number of ether oxygens (including phenoxy) is 3. The third-order valence-electron chi connectivity index (χ3n) is 2.88. The smallest absolute Gasteiger partial charge is 0.339 e.